The molecule has 0 saturated carbocycles. The highest BCUT2D eigenvalue weighted by Gasteiger charge is 2.36. The Bertz CT molecular complexity index is 3480. The van der Waals surface area contributed by atoms with Gasteiger partial charge in [0.2, 0.25) is 0 Å². The quantitative estimate of drug-likeness (QED) is 0.168. The van der Waals surface area contributed by atoms with E-state index in [2.05, 4.69) is 224 Å². The monoisotopic (exact) mass is 768 g/mol. The van der Waals surface area contributed by atoms with Crippen molar-refractivity contribution >= 4 is 60.8 Å². The van der Waals surface area contributed by atoms with Crippen LogP contribution >= 0.6 is 0 Å². The van der Waals surface area contributed by atoms with E-state index < -0.39 is 0 Å². The number of hydrogen-bond acceptors (Lipinski definition) is 2. The maximum atomic E-state index is 6.69. The Morgan fingerprint density at radius 3 is 1.92 bits per heavy atom. The van der Waals surface area contributed by atoms with Crippen molar-refractivity contribution in [1.29, 1.82) is 0 Å². The summed E-state index contributed by atoms with van der Waals surface area (Å²) >= 11 is 0. The van der Waals surface area contributed by atoms with E-state index in [9.17, 15) is 0 Å². The van der Waals surface area contributed by atoms with E-state index in [4.69, 9.17) is 4.42 Å². The molecule has 1 aliphatic carbocycles. The van der Waals surface area contributed by atoms with Gasteiger partial charge in [0, 0.05) is 55.0 Å². The standard InChI is InChI=1S/C57H40N2O/c1-57(2)49-26-11-6-20-41(49)42-33-31-38(35-50(42)57)58(52-28-13-9-22-44(52)47-24-16-25-48-46-23-10-15-30-55(46)60-56(47)48)39-32-34-45-43-21-8-14-29-53(43)59(54(45)36-39)51-27-12-7-19-40(51)37-17-4-3-5-18-37/h3-36H,1-2H3. The van der Waals surface area contributed by atoms with Crippen LogP contribution in [0, 0.1) is 0 Å². The van der Waals surface area contributed by atoms with Gasteiger partial charge in [-0.05, 0) is 76.3 Å². The number of fused-ring (bicyclic) bond motifs is 9. The molecule has 284 valence electrons. The van der Waals surface area contributed by atoms with Gasteiger partial charge in [0.05, 0.1) is 22.4 Å². The van der Waals surface area contributed by atoms with E-state index in [0.717, 1.165) is 61.3 Å². The van der Waals surface area contributed by atoms with Crippen LogP contribution in [0.25, 0.3) is 82.8 Å². The fourth-order valence-electron chi connectivity index (χ4n) is 10.0. The summed E-state index contributed by atoms with van der Waals surface area (Å²) in [5, 5.41) is 4.67. The van der Waals surface area contributed by atoms with E-state index in [0.29, 0.717) is 0 Å². The zero-order valence-corrected chi connectivity index (χ0v) is 33.4. The summed E-state index contributed by atoms with van der Waals surface area (Å²) < 4.78 is 9.15. The van der Waals surface area contributed by atoms with Crippen LogP contribution in [0.15, 0.2) is 211 Å². The van der Waals surface area contributed by atoms with Crippen molar-refractivity contribution < 1.29 is 4.42 Å². The van der Waals surface area contributed by atoms with Gasteiger partial charge in [0.25, 0.3) is 0 Å². The Morgan fingerprint density at radius 1 is 0.417 bits per heavy atom. The number of anilines is 3. The second-order valence-electron chi connectivity index (χ2n) is 16.5. The minimum atomic E-state index is -0.162. The molecule has 0 unspecified atom stereocenters. The second-order valence-corrected chi connectivity index (χ2v) is 16.5. The van der Waals surface area contributed by atoms with Gasteiger partial charge in [-0.25, -0.2) is 0 Å². The molecule has 1 aliphatic rings. The lowest BCUT2D eigenvalue weighted by molar-refractivity contribution is 0.660. The summed E-state index contributed by atoms with van der Waals surface area (Å²) in [5.74, 6) is 0. The average Bonchev–Trinajstić information content (AvgIpc) is 3.92. The minimum absolute atomic E-state index is 0.162. The maximum absolute atomic E-state index is 6.69. The molecule has 3 heteroatoms. The number of aromatic nitrogens is 1. The van der Waals surface area contributed by atoms with Gasteiger partial charge in [0.1, 0.15) is 11.2 Å². The Morgan fingerprint density at radius 2 is 1.03 bits per heavy atom. The number of benzene rings is 9. The SMILES string of the molecule is CC1(C)c2ccccc2-c2ccc(N(c3ccc4c5ccccc5n(-c5ccccc5-c5ccccc5)c4c3)c3ccccc3-c3cccc4c3oc3ccccc34)cc21. The number of hydrogen-bond donors (Lipinski definition) is 0. The molecule has 0 bridgehead atoms. The summed E-state index contributed by atoms with van der Waals surface area (Å²) in [6.45, 7) is 4.72. The minimum Gasteiger partial charge on any atom is -0.455 e. The lowest BCUT2D eigenvalue weighted by Gasteiger charge is -2.30. The zero-order valence-electron chi connectivity index (χ0n) is 33.4. The van der Waals surface area contributed by atoms with Crippen molar-refractivity contribution in [3.63, 3.8) is 0 Å². The summed E-state index contributed by atoms with van der Waals surface area (Å²) in [6.07, 6.45) is 0. The third kappa shape index (κ3) is 5.09. The first kappa shape index (κ1) is 34.4. The number of para-hydroxylation sites is 5. The largest absolute Gasteiger partial charge is 0.455 e. The molecule has 3 nitrogen and oxygen atoms in total. The van der Waals surface area contributed by atoms with Crippen molar-refractivity contribution in [2.24, 2.45) is 0 Å². The van der Waals surface area contributed by atoms with Gasteiger partial charge in [-0.1, -0.05) is 172 Å². The Hall–Kier alpha value is -7.62. The molecular formula is C57H40N2O. The molecular weight excluding hydrogens is 729 g/mol. The molecule has 12 rings (SSSR count). The smallest absolute Gasteiger partial charge is 0.143 e. The number of furan rings is 1. The van der Waals surface area contributed by atoms with Crippen LogP contribution in [-0.2, 0) is 5.41 Å². The van der Waals surface area contributed by atoms with Crippen molar-refractivity contribution in [2.75, 3.05) is 4.90 Å². The summed E-state index contributed by atoms with van der Waals surface area (Å²) in [4.78, 5) is 2.46. The Balaban J connectivity index is 1.14. The Kier molecular flexibility index (Phi) is 7.58. The predicted molar refractivity (Wildman–Crippen MR) is 251 cm³/mol. The predicted octanol–water partition coefficient (Wildman–Crippen LogP) is 15.8. The third-order valence-electron chi connectivity index (χ3n) is 12.8. The summed E-state index contributed by atoms with van der Waals surface area (Å²) in [5.41, 5.74) is 18.2. The molecule has 11 aromatic rings. The van der Waals surface area contributed by atoms with Crippen molar-refractivity contribution in [1.82, 2.24) is 4.57 Å². The van der Waals surface area contributed by atoms with Crippen LogP contribution in [0.5, 0.6) is 0 Å². The highest BCUT2D eigenvalue weighted by atomic mass is 16.3. The topological polar surface area (TPSA) is 21.3 Å². The van der Waals surface area contributed by atoms with Gasteiger partial charge < -0.3 is 13.9 Å². The van der Waals surface area contributed by atoms with Crippen LogP contribution < -0.4 is 4.90 Å². The number of rotatable bonds is 6. The van der Waals surface area contributed by atoms with Crippen LogP contribution in [0.2, 0.25) is 0 Å². The van der Waals surface area contributed by atoms with E-state index in [1.54, 1.807) is 0 Å². The van der Waals surface area contributed by atoms with E-state index in [1.165, 1.54) is 49.7 Å². The normalized spacial score (nSPS) is 13.0. The van der Waals surface area contributed by atoms with Crippen LogP contribution in [0.4, 0.5) is 17.1 Å². The molecule has 2 heterocycles. The van der Waals surface area contributed by atoms with E-state index >= 15 is 0 Å². The van der Waals surface area contributed by atoms with E-state index in [1.807, 2.05) is 6.07 Å². The highest BCUT2D eigenvalue weighted by molar-refractivity contribution is 6.13. The molecule has 9 aromatic carbocycles. The van der Waals surface area contributed by atoms with Crippen molar-refractivity contribution in [3.05, 3.63) is 217 Å². The lowest BCUT2D eigenvalue weighted by atomic mass is 9.82. The molecule has 0 N–H and O–H groups in total. The van der Waals surface area contributed by atoms with Gasteiger partial charge in [-0.15, -0.1) is 0 Å². The lowest BCUT2D eigenvalue weighted by Crippen LogP contribution is -2.17. The first-order chi connectivity index (χ1) is 29.5. The average molecular weight is 769 g/mol. The molecule has 0 saturated heterocycles. The fraction of sp³-hybridized carbons (Fsp3) is 0.0526. The maximum Gasteiger partial charge on any atom is 0.143 e. The van der Waals surface area contributed by atoms with Gasteiger partial charge in [-0.3, -0.25) is 0 Å². The molecule has 2 aromatic heterocycles. The van der Waals surface area contributed by atoms with Gasteiger partial charge in [0.15, 0.2) is 0 Å². The Labute approximate surface area is 349 Å². The van der Waals surface area contributed by atoms with Gasteiger partial charge >= 0.3 is 0 Å². The fourth-order valence-corrected chi connectivity index (χ4v) is 10.0. The van der Waals surface area contributed by atoms with Gasteiger partial charge in [-0.2, -0.15) is 0 Å². The van der Waals surface area contributed by atoms with Crippen LogP contribution in [0.1, 0.15) is 25.0 Å². The molecule has 0 spiro atoms. The van der Waals surface area contributed by atoms with Crippen LogP contribution in [0.3, 0.4) is 0 Å². The van der Waals surface area contributed by atoms with Crippen LogP contribution in [-0.4, -0.2) is 4.57 Å². The molecule has 0 fully saturated rings. The highest BCUT2D eigenvalue weighted by Crippen LogP contribution is 2.52. The van der Waals surface area contributed by atoms with Crippen molar-refractivity contribution in [2.45, 2.75) is 19.3 Å². The molecule has 0 atom stereocenters. The molecule has 0 amide bonds. The summed E-state index contributed by atoms with van der Waals surface area (Å²) in [6, 6.07) is 74.9. The summed E-state index contributed by atoms with van der Waals surface area (Å²) in [7, 11) is 0. The number of nitrogens with zero attached hydrogens (tertiary/aromatic N) is 2. The van der Waals surface area contributed by atoms with Crippen molar-refractivity contribution in [3.8, 4) is 39.1 Å². The molecule has 0 aliphatic heterocycles. The third-order valence-corrected chi connectivity index (χ3v) is 12.8. The van der Waals surface area contributed by atoms with E-state index in [-0.39, 0.29) is 5.41 Å². The molecule has 60 heavy (non-hydrogen) atoms. The molecule has 0 radical (unpaired) electrons. The second kappa shape index (κ2) is 13.2. The zero-order chi connectivity index (χ0) is 40.0. The first-order valence-corrected chi connectivity index (χ1v) is 20.8. The first-order valence-electron chi connectivity index (χ1n) is 20.8.